The highest BCUT2D eigenvalue weighted by Gasteiger charge is 2.62. The van der Waals surface area contributed by atoms with Crippen LogP contribution in [0.5, 0.6) is 0 Å². The van der Waals surface area contributed by atoms with Crippen LogP contribution in [0.25, 0.3) is 0 Å². The molecule has 0 aromatic carbocycles. The third-order valence-corrected chi connectivity index (χ3v) is 6.92. The molecule has 1 heterocycles. The molecular weight excluding hydrogens is 264 g/mol. The number of rotatable bonds is 0. The maximum Gasteiger partial charge on any atom is 0.177 e. The molecule has 0 aromatic heterocycles. The van der Waals surface area contributed by atoms with Crippen molar-refractivity contribution in [2.45, 2.75) is 64.6 Å². The van der Waals surface area contributed by atoms with E-state index in [-0.39, 0.29) is 10.8 Å². The zero-order chi connectivity index (χ0) is 14.7. The standard InChI is InChI=1S/C18H26O3/c1-16-8-6-14(19)12-13(16)5-9-17(2)15(16)4-3-7-18(17)20-10-11-21-18/h4,13H,3,5-12H2,1-2H3. The van der Waals surface area contributed by atoms with E-state index >= 15 is 0 Å². The van der Waals surface area contributed by atoms with Crippen LogP contribution in [0.1, 0.15) is 58.8 Å². The molecule has 3 atom stereocenters. The fraction of sp³-hybridized carbons (Fsp3) is 0.833. The lowest BCUT2D eigenvalue weighted by Crippen LogP contribution is -2.58. The Morgan fingerprint density at radius 1 is 1.14 bits per heavy atom. The van der Waals surface area contributed by atoms with Crippen LogP contribution in [0, 0.1) is 16.7 Å². The highest BCUT2D eigenvalue weighted by Crippen LogP contribution is 2.65. The third-order valence-electron chi connectivity index (χ3n) is 6.92. The predicted octanol–water partition coefficient (Wildman–Crippen LogP) is 3.63. The van der Waals surface area contributed by atoms with Crippen molar-refractivity contribution in [1.29, 1.82) is 0 Å². The maximum atomic E-state index is 11.9. The van der Waals surface area contributed by atoms with Crippen LogP contribution in [0.4, 0.5) is 0 Å². The molecule has 116 valence electrons. The Labute approximate surface area is 127 Å². The smallest absolute Gasteiger partial charge is 0.177 e. The first-order valence-electron chi connectivity index (χ1n) is 8.51. The van der Waals surface area contributed by atoms with Gasteiger partial charge in [-0.25, -0.2) is 0 Å². The molecule has 4 aliphatic rings. The van der Waals surface area contributed by atoms with Crippen LogP contribution in [0.3, 0.4) is 0 Å². The van der Waals surface area contributed by atoms with Gasteiger partial charge in [0.15, 0.2) is 5.79 Å². The molecule has 0 N–H and O–H groups in total. The molecule has 1 spiro atoms. The Kier molecular flexibility index (Phi) is 2.94. The van der Waals surface area contributed by atoms with Gasteiger partial charge in [-0.05, 0) is 37.0 Å². The van der Waals surface area contributed by atoms with E-state index in [0.29, 0.717) is 11.7 Å². The van der Waals surface area contributed by atoms with Crippen molar-refractivity contribution in [3.8, 4) is 0 Å². The van der Waals surface area contributed by atoms with Gasteiger partial charge in [0.25, 0.3) is 0 Å². The number of hydrogen-bond donors (Lipinski definition) is 0. The maximum absolute atomic E-state index is 11.9. The third kappa shape index (κ3) is 1.71. The summed E-state index contributed by atoms with van der Waals surface area (Å²) in [6.07, 6.45) is 9.23. The second-order valence-electron chi connectivity index (χ2n) is 7.83. The molecule has 21 heavy (non-hydrogen) atoms. The number of hydrogen-bond acceptors (Lipinski definition) is 3. The zero-order valence-electron chi connectivity index (χ0n) is 13.2. The van der Waals surface area contributed by atoms with E-state index in [4.69, 9.17) is 9.47 Å². The van der Waals surface area contributed by atoms with Crippen LogP contribution in [0.2, 0.25) is 0 Å². The van der Waals surface area contributed by atoms with Gasteiger partial charge in [0.1, 0.15) is 5.78 Å². The van der Waals surface area contributed by atoms with Crippen molar-refractivity contribution in [2.24, 2.45) is 16.7 Å². The van der Waals surface area contributed by atoms with Crippen molar-refractivity contribution < 1.29 is 14.3 Å². The van der Waals surface area contributed by atoms with Gasteiger partial charge in [-0.1, -0.05) is 25.5 Å². The van der Waals surface area contributed by atoms with Gasteiger partial charge in [0.05, 0.1) is 13.2 Å². The predicted molar refractivity (Wildman–Crippen MR) is 79.7 cm³/mol. The van der Waals surface area contributed by atoms with Crippen molar-refractivity contribution in [3.05, 3.63) is 11.6 Å². The lowest BCUT2D eigenvalue weighted by molar-refractivity contribution is -0.242. The molecule has 2 saturated carbocycles. The normalized spacial score (nSPS) is 45.1. The largest absolute Gasteiger partial charge is 0.347 e. The van der Waals surface area contributed by atoms with Crippen LogP contribution in [-0.4, -0.2) is 24.8 Å². The van der Waals surface area contributed by atoms with Crippen molar-refractivity contribution in [3.63, 3.8) is 0 Å². The van der Waals surface area contributed by atoms with Gasteiger partial charge >= 0.3 is 0 Å². The van der Waals surface area contributed by atoms with Crippen LogP contribution < -0.4 is 0 Å². The monoisotopic (exact) mass is 290 g/mol. The molecule has 0 bridgehead atoms. The first kappa shape index (κ1) is 14.0. The van der Waals surface area contributed by atoms with E-state index in [2.05, 4.69) is 19.9 Å². The number of allylic oxidation sites excluding steroid dienone is 1. The van der Waals surface area contributed by atoms with E-state index < -0.39 is 5.79 Å². The average molecular weight is 290 g/mol. The Bertz CT molecular complexity index is 503. The van der Waals surface area contributed by atoms with Gasteiger partial charge in [0, 0.05) is 24.7 Å². The van der Waals surface area contributed by atoms with Gasteiger partial charge in [-0.2, -0.15) is 0 Å². The molecule has 3 aliphatic carbocycles. The summed E-state index contributed by atoms with van der Waals surface area (Å²) >= 11 is 0. The number of Topliss-reactive ketones (excluding diaryl/α,β-unsaturated/α-hetero) is 1. The summed E-state index contributed by atoms with van der Waals surface area (Å²) in [4.78, 5) is 11.9. The molecule has 0 amide bonds. The van der Waals surface area contributed by atoms with Crippen LogP contribution in [0.15, 0.2) is 11.6 Å². The zero-order valence-corrected chi connectivity index (χ0v) is 13.2. The molecular formula is C18H26O3. The van der Waals surface area contributed by atoms with Crippen LogP contribution in [-0.2, 0) is 14.3 Å². The minimum absolute atomic E-state index is 0.00656. The Balaban J connectivity index is 1.77. The lowest BCUT2D eigenvalue weighted by atomic mass is 9.47. The first-order valence-corrected chi connectivity index (χ1v) is 8.51. The summed E-state index contributed by atoms with van der Waals surface area (Å²) in [6, 6.07) is 0. The summed E-state index contributed by atoms with van der Waals surface area (Å²) < 4.78 is 12.3. The number of carbonyl (C=O) groups excluding carboxylic acids is 1. The Morgan fingerprint density at radius 3 is 2.67 bits per heavy atom. The molecule has 0 radical (unpaired) electrons. The molecule has 3 unspecified atom stereocenters. The highest BCUT2D eigenvalue weighted by atomic mass is 16.7. The Morgan fingerprint density at radius 2 is 1.90 bits per heavy atom. The van der Waals surface area contributed by atoms with Gasteiger partial charge < -0.3 is 9.47 Å². The molecule has 3 nitrogen and oxygen atoms in total. The van der Waals surface area contributed by atoms with E-state index in [1.165, 1.54) is 5.57 Å². The summed E-state index contributed by atoms with van der Waals surface area (Å²) in [5, 5.41) is 0. The highest BCUT2D eigenvalue weighted by molar-refractivity contribution is 5.80. The molecule has 1 saturated heterocycles. The second-order valence-corrected chi connectivity index (χ2v) is 7.83. The summed E-state index contributed by atoms with van der Waals surface area (Å²) in [6.45, 7) is 6.19. The lowest BCUT2D eigenvalue weighted by Gasteiger charge is -2.60. The number of ether oxygens (including phenoxy) is 2. The number of ketones is 1. The summed E-state index contributed by atoms with van der Waals surface area (Å²) in [7, 11) is 0. The molecule has 3 fully saturated rings. The summed E-state index contributed by atoms with van der Waals surface area (Å²) in [5.74, 6) is 0.585. The van der Waals surface area contributed by atoms with E-state index in [1.807, 2.05) is 0 Å². The van der Waals surface area contributed by atoms with Gasteiger partial charge in [0.2, 0.25) is 0 Å². The second kappa shape index (κ2) is 4.42. The van der Waals surface area contributed by atoms with Crippen molar-refractivity contribution in [1.82, 2.24) is 0 Å². The number of carbonyl (C=O) groups is 1. The fourth-order valence-corrected chi connectivity index (χ4v) is 5.66. The minimum atomic E-state index is -0.396. The topological polar surface area (TPSA) is 35.5 Å². The van der Waals surface area contributed by atoms with E-state index in [0.717, 1.165) is 58.2 Å². The average Bonchev–Trinajstić information content (AvgIpc) is 2.93. The SMILES string of the molecule is CC12CCC(=O)CC1CCC1(C)C2=CCCC12OCCO2. The number of fused-ring (bicyclic) bond motifs is 4. The Hall–Kier alpha value is -0.670. The van der Waals surface area contributed by atoms with Crippen molar-refractivity contribution in [2.75, 3.05) is 13.2 Å². The molecule has 3 heteroatoms. The fourth-order valence-electron chi connectivity index (χ4n) is 5.66. The van der Waals surface area contributed by atoms with Crippen LogP contribution >= 0.6 is 0 Å². The van der Waals surface area contributed by atoms with Crippen molar-refractivity contribution >= 4 is 5.78 Å². The molecule has 1 aliphatic heterocycles. The van der Waals surface area contributed by atoms with E-state index in [1.54, 1.807) is 0 Å². The quantitative estimate of drug-likeness (QED) is 0.639. The van der Waals surface area contributed by atoms with Gasteiger partial charge in [-0.3, -0.25) is 4.79 Å². The van der Waals surface area contributed by atoms with E-state index in [9.17, 15) is 4.79 Å². The molecule has 0 aromatic rings. The summed E-state index contributed by atoms with van der Waals surface area (Å²) in [5.41, 5.74) is 1.70. The van der Waals surface area contributed by atoms with Gasteiger partial charge in [-0.15, -0.1) is 0 Å². The molecule has 4 rings (SSSR count). The first-order chi connectivity index (χ1) is 10.0. The minimum Gasteiger partial charge on any atom is -0.347 e.